The molecule has 5 nitrogen and oxygen atoms in total. The van der Waals surface area contributed by atoms with Gasteiger partial charge in [-0.2, -0.15) is 0 Å². The number of nitrogens with one attached hydrogen (secondary N) is 1. The Morgan fingerprint density at radius 1 is 1.13 bits per heavy atom. The maximum absolute atomic E-state index is 11.6. The summed E-state index contributed by atoms with van der Waals surface area (Å²) in [7, 11) is 0. The van der Waals surface area contributed by atoms with Crippen molar-refractivity contribution in [1.29, 1.82) is 0 Å². The van der Waals surface area contributed by atoms with E-state index in [9.17, 15) is 4.79 Å². The lowest BCUT2D eigenvalue weighted by atomic mass is 10.1. The van der Waals surface area contributed by atoms with E-state index in [0.717, 1.165) is 10.9 Å². The van der Waals surface area contributed by atoms with Crippen LogP contribution < -0.4 is 11.1 Å². The fraction of sp³-hybridized carbons (Fsp3) is 0.0588. The van der Waals surface area contributed by atoms with Crippen molar-refractivity contribution in [3.05, 3.63) is 65.5 Å². The van der Waals surface area contributed by atoms with Gasteiger partial charge in [0.25, 0.3) is 0 Å². The molecular weight excluding hydrogens is 310 g/mol. The Labute approximate surface area is 137 Å². The second kappa shape index (κ2) is 6.93. The molecule has 0 aliphatic heterocycles. The van der Waals surface area contributed by atoms with Gasteiger partial charge in [-0.05, 0) is 34.5 Å². The monoisotopic (exact) mass is 325 g/mol. The third-order valence-corrected chi connectivity index (χ3v) is 4.21. The molecule has 1 amide bonds. The number of thiophene rings is 1. The zero-order valence-electron chi connectivity index (χ0n) is 12.2. The van der Waals surface area contributed by atoms with Gasteiger partial charge in [0.2, 0.25) is 0 Å². The van der Waals surface area contributed by atoms with Crippen LogP contribution in [0.2, 0.25) is 0 Å². The molecule has 0 aliphatic carbocycles. The molecule has 0 radical (unpaired) electrons. The number of nitrogens with two attached hydrogens (primary N) is 1. The Morgan fingerprint density at radius 3 is 2.70 bits per heavy atom. The predicted octanol–water partition coefficient (Wildman–Crippen LogP) is 3.96. The fourth-order valence-electron chi connectivity index (χ4n) is 2.16. The van der Waals surface area contributed by atoms with E-state index in [4.69, 9.17) is 10.6 Å². The van der Waals surface area contributed by atoms with E-state index in [0.29, 0.717) is 12.1 Å². The van der Waals surface area contributed by atoms with Gasteiger partial charge in [0.05, 0.1) is 0 Å². The van der Waals surface area contributed by atoms with Crippen LogP contribution in [-0.4, -0.2) is 11.9 Å². The lowest BCUT2D eigenvalue weighted by molar-refractivity contribution is 0.166. The highest BCUT2D eigenvalue weighted by Gasteiger charge is 2.07. The van der Waals surface area contributed by atoms with Gasteiger partial charge in [-0.3, -0.25) is 10.2 Å². The van der Waals surface area contributed by atoms with Crippen LogP contribution >= 0.6 is 11.3 Å². The highest BCUT2D eigenvalue weighted by atomic mass is 32.1. The van der Waals surface area contributed by atoms with Gasteiger partial charge in [0.15, 0.2) is 0 Å². The average Bonchev–Trinajstić information content (AvgIpc) is 2.97. The molecule has 2 aromatic carbocycles. The molecular formula is C17H15N3O2S. The van der Waals surface area contributed by atoms with Crippen LogP contribution in [0.5, 0.6) is 0 Å². The molecule has 0 saturated carbocycles. The van der Waals surface area contributed by atoms with E-state index < -0.39 is 6.09 Å². The van der Waals surface area contributed by atoms with Gasteiger partial charge in [-0.1, -0.05) is 41.6 Å². The van der Waals surface area contributed by atoms with Crippen molar-refractivity contribution in [2.75, 3.05) is 5.32 Å². The van der Waals surface area contributed by atoms with Gasteiger partial charge >= 0.3 is 6.09 Å². The Kier molecular flexibility index (Phi) is 4.54. The summed E-state index contributed by atoms with van der Waals surface area (Å²) in [5.74, 6) is 0.247. The Bertz CT molecular complexity index is 843. The number of carbonyl (C=O) groups excluding carboxylic acids is 1. The first-order valence-corrected chi connectivity index (χ1v) is 7.91. The van der Waals surface area contributed by atoms with Crippen LogP contribution in [0.4, 0.5) is 10.5 Å². The molecule has 3 rings (SSSR count). The first-order valence-electron chi connectivity index (χ1n) is 7.03. The van der Waals surface area contributed by atoms with Gasteiger partial charge < -0.3 is 5.73 Å². The smallest absolute Gasteiger partial charge is 0.384 e. The molecule has 0 aliphatic rings. The maximum atomic E-state index is 11.6. The number of hydrogen-bond acceptors (Lipinski definition) is 4. The van der Waals surface area contributed by atoms with Crippen molar-refractivity contribution in [2.24, 2.45) is 10.9 Å². The van der Waals surface area contributed by atoms with E-state index in [1.165, 1.54) is 4.70 Å². The molecule has 0 fully saturated rings. The van der Waals surface area contributed by atoms with E-state index in [-0.39, 0.29) is 5.84 Å². The third kappa shape index (κ3) is 3.87. The van der Waals surface area contributed by atoms with Crippen molar-refractivity contribution >= 4 is 39.0 Å². The molecule has 0 unspecified atom stereocenters. The summed E-state index contributed by atoms with van der Waals surface area (Å²) in [6, 6.07) is 17.1. The molecule has 6 heteroatoms. The van der Waals surface area contributed by atoms with Crippen molar-refractivity contribution in [2.45, 2.75) is 6.42 Å². The molecule has 3 N–H and O–H groups in total. The highest BCUT2D eigenvalue weighted by molar-refractivity contribution is 7.17. The molecule has 1 heterocycles. The van der Waals surface area contributed by atoms with Crippen molar-refractivity contribution in [3.8, 4) is 0 Å². The Balaban J connectivity index is 1.60. The number of anilines is 1. The minimum Gasteiger partial charge on any atom is -0.384 e. The van der Waals surface area contributed by atoms with Crippen LogP contribution in [0.1, 0.15) is 5.56 Å². The standard InChI is InChI=1S/C17H15N3O2S/c18-16(10-12-11-23-15-9-5-4-8-14(12)15)20-22-17(21)19-13-6-2-1-3-7-13/h1-9,11H,10H2,(H2,18,20)(H,19,21). The lowest BCUT2D eigenvalue weighted by Gasteiger charge is -2.03. The molecule has 1 aromatic heterocycles. The summed E-state index contributed by atoms with van der Waals surface area (Å²) >= 11 is 1.65. The van der Waals surface area contributed by atoms with Crippen LogP contribution in [0.15, 0.2) is 65.1 Å². The normalized spacial score (nSPS) is 11.4. The SMILES string of the molecule is N/C(Cc1csc2ccccc12)=N\OC(=O)Nc1ccccc1. The van der Waals surface area contributed by atoms with Gasteiger partial charge in [0, 0.05) is 16.8 Å². The topological polar surface area (TPSA) is 76.7 Å². The number of amides is 1. The van der Waals surface area contributed by atoms with E-state index in [1.54, 1.807) is 23.5 Å². The summed E-state index contributed by atoms with van der Waals surface area (Å²) in [5, 5.41) is 9.43. The minimum atomic E-state index is -0.672. The minimum absolute atomic E-state index is 0.247. The zero-order valence-corrected chi connectivity index (χ0v) is 13.0. The molecule has 0 bridgehead atoms. The number of rotatable bonds is 4. The quantitative estimate of drug-likeness (QED) is 0.330. The highest BCUT2D eigenvalue weighted by Crippen LogP contribution is 2.25. The number of amidine groups is 1. The third-order valence-electron chi connectivity index (χ3n) is 3.20. The molecule has 23 heavy (non-hydrogen) atoms. The number of para-hydroxylation sites is 1. The van der Waals surface area contributed by atoms with E-state index in [1.807, 2.05) is 41.8 Å². The lowest BCUT2D eigenvalue weighted by Crippen LogP contribution is -2.18. The Hall–Kier alpha value is -2.86. The average molecular weight is 325 g/mol. The van der Waals surface area contributed by atoms with Gasteiger partial charge in [-0.25, -0.2) is 4.79 Å². The van der Waals surface area contributed by atoms with Crippen molar-refractivity contribution in [1.82, 2.24) is 0 Å². The first kappa shape index (κ1) is 15.1. The first-order chi connectivity index (χ1) is 11.2. The fourth-order valence-corrected chi connectivity index (χ4v) is 3.12. The molecule has 0 spiro atoms. The zero-order chi connectivity index (χ0) is 16.1. The van der Waals surface area contributed by atoms with Gasteiger partial charge in [-0.15, -0.1) is 11.3 Å². The second-order valence-electron chi connectivity index (χ2n) is 4.89. The summed E-state index contributed by atoms with van der Waals surface area (Å²) in [5.41, 5.74) is 7.55. The van der Waals surface area contributed by atoms with Gasteiger partial charge in [0.1, 0.15) is 5.84 Å². The molecule has 116 valence electrons. The van der Waals surface area contributed by atoms with Crippen molar-refractivity contribution in [3.63, 3.8) is 0 Å². The summed E-state index contributed by atoms with van der Waals surface area (Å²) in [6.07, 6.45) is -0.239. The largest absolute Gasteiger partial charge is 0.437 e. The number of hydrogen-bond donors (Lipinski definition) is 2. The molecule has 0 atom stereocenters. The van der Waals surface area contributed by atoms with Crippen LogP contribution in [0.25, 0.3) is 10.1 Å². The Morgan fingerprint density at radius 2 is 1.87 bits per heavy atom. The summed E-state index contributed by atoms with van der Waals surface area (Å²) in [4.78, 5) is 16.4. The van der Waals surface area contributed by atoms with Crippen LogP contribution in [0.3, 0.4) is 0 Å². The van der Waals surface area contributed by atoms with E-state index in [2.05, 4.69) is 16.5 Å². The number of fused-ring (bicyclic) bond motifs is 1. The number of benzene rings is 2. The van der Waals surface area contributed by atoms with Crippen LogP contribution in [0, 0.1) is 0 Å². The van der Waals surface area contributed by atoms with Crippen LogP contribution in [-0.2, 0) is 11.3 Å². The van der Waals surface area contributed by atoms with Crippen molar-refractivity contribution < 1.29 is 9.63 Å². The number of nitrogens with zero attached hydrogens (tertiary/aromatic N) is 1. The second-order valence-corrected chi connectivity index (χ2v) is 5.80. The summed E-state index contributed by atoms with van der Waals surface area (Å²) < 4.78 is 1.19. The van der Waals surface area contributed by atoms with E-state index >= 15 is 0 Å². The summed E-state index contributed by atoms with van der Waals surface area (Å²) in [6.45, 7) is 0. The predicted molar refractivity (Wildman–Crippen MR) is 93.7 cm³/mol. The number of oxime groups is 1. The molecule has 3 aromatic rings. The maximum Gasteiger partial charge on any atom is 0.437 e. The molecule has 0 saturated heterocycles. The number of carbonyl (C=O) groups is 1.